The maximum absolute atomic E-state index is 13.2. The van der Waals surface area contributed by atoms with Crippen LogP contribution in [-0.2, 0) is 0 Å². The molecule has 2 heterocycles. The van der Waals surface area contributed by atoms with Gasteiger partial charge in [0, 0.05) is 0 Å². The second-order valence-corrected chi connectivity index (χ2v) is 4.56. The zero-order valence-corrected chi connectivity index (χ0v) is 9.93. The minimum absolute atomic E-state index is 0.119. The number of aromatic nitrogens is 2. The molecule has 0 radical (unpaired) electrons. The third kappa shape index (κ3) is 1.18. The molecular weight excluding hydrogens is 266 g/mol. The fourth-order valence-electron chi connectivity index (χ4n) is 2.57. The molecule has 0 aliphatic heterocycles. The van der Waals surface area contributed by atoms with Gasteiger partial charge in [0.15, 0.2) is 0 Å². The number of rotatable bonds is 0. The van der Waals surface area contributed by atoms with Crippen LogP contribution in [0.4, 0.5) is 8.78 Å². The highest BCUT2D eigenvalue weighted by molar-refractivity contribution is 5.85. The van der Waals surface area contributed by atoms with Crippen molar-refractivity contribution in [3.8, 4) is 0 Å². The lowest BCUT2D eigenvalue weighted by atomic mass is 10.2. The summed E-state index contributed by atoms with van der Waals surface area (Å²) in [6, 6.07) is 7.25. The first-order chi connectivity index (χ1) is 9.58. The van der Waals surface area contributed by atoms with Crippen molar-refractivity contribution in [1.82, 2.24) is 9.03 Å². The van der Waals surface area contributed by atoms with Crippen LogP contribution in [0.1, 0.15) is 0 Å². The summed E-state index contributed by atoms with van der Waals surface area (Å²) in [5.41, 5.74) is -0.396. The number of hydrogen-bond donors (Lipinski definition) is 0. The summed E-state index contributed by atoms with van der Waals surface area (Å²) < 4.78 is 28.7. The zero-order valence-electron chi connectivity index (χ0n) is 9.93. The molecule has 0 fully saturated rings. The van der Waals surface area contributed by atoms with E-state index < -0.39 is 22.8 Å². The first-order valence-electron chi connectivity index (χ1n) is 5.86. The maximum atomic E-state index is 13.2. The van der Waals surface area contributed by atoms with Crippen molar-refractivity contribution in [3.63, 3.8) is 0 Å². The van der Waals surface area contributed by atoms with E-state index in [4.69, 9.17) is 0 Å². The van der Waals surface area contributed by atoms with E-state index in [0.29, 0.717) is 11.0 Å². The van der Waals surface area contributed by atoms with E-state index in [1.54, 1.807) is 0 Å². The van der Waals surface area contributed by atoms with Gasteiger partial charge in [-0.2, -0.15) is 0 Å². The summed E-state index contributed by atoms with van der Waals surface area (Å²) >= 11 is 0. The summed E-state index contributed by atoms with van der Waals surface area (Å²) in [6.45, 7) is 0. The molecule has 0 spiro atoms. The van der Waals surface area contributed by atoms with Crippen molar-refractivity contribution in [2.75, 3.05) is 0 Å². The molecule has 0 atom stereocenters. The third-order valence-corrected chi connectivity index (χ3v) is 3.42. The molecule has 98 valence electrons. The molecule has 4 nitrogen and oxygen atoms in total. The fraction of sp³-hybridized carbons (Fsp3) is 0. The van der Waals surface area contributed by atoms with Gasteiger partial charge in [-0.15, -0.1) is 0 Å². The largest absolute Gasteiger partial charge is 0.279 e. The molecule has 0 saturated carbocycles. The van der Waals surface area contributed by atoms with E-state index in [2.05, 4.69) is 0 Å². The van der Waals surface area contributed by atoms with Crippen molar-refractivity contribution in [2.24, 2.45) is 0 Å². The topological polar surface area (TPSA) is 43.0 Å². The Morgan fingerprint density at radius 3 is 1.50 bits per heavy atom. The predicted molar refractivity (Wildman–Crippen MR) is 69.5 cm³/mol. The maximum Gasteiger partial charge on any atom is 0.279 e. The number of benzene rings is 2. The van der Waals surface area contributed by atoms with Gasteiger partial charge in [0.25, 0.3) is 11.1 Å². The molecule has 0 bridgehead atoms. The monoisotopic (exact) mass is 272 g/mol. The fourth-order valence-corrected chi connectivity index (χ4v) is 2.57. The Labute approximate surface area is 109 Å². The Kier molecular flexibility index (Phi) is 1.89. The average Bonchev–Trinajstić information content (AvgIpc) is 2.86. The Morgan fingerprint density at radius 1 is 0.700 bits per heavy atom. The second-order valence-electron chi connectivity index (χ2n) is 4.56. The molecule has 0 aliphatic carbocycles. The van der Waals surface area contributed by atoms with Crippen LogP contribution in [0.3, 0.4) is 0 Å². The average molecular weight is 272 g/mol. The standard InChI is InChI=1S/C14H6F2N2O2/c15-7-1-3-11-9(5-7)13(19)18-12-4-2-8(16)6-10(12)14(20)17(11)18/h1-6H. The van der Waals surface area contributed by atoms with Crippen LogP contribution in [0.5, 0.6) is 0 Å². The second kappa shape index (κ2) is 3.41. The van der Waals surface area contributed by atoms with Crippen molar-refractivity contribution < 1.29 is 8.78 Å². The Bertz CT molecular complexity index is 1020. The Hall–Kier alpha value is -2.76. The molecule has 0 saturated heterocycles. The lowest BCUT2D eigenvalue weighted by molar-refractivity contribution is 0.629. The van der Waals surface area contributed by atoms with Crippen LogP contribution in [0.2, 0.25) is 0 Å². The molecule has 0 unspecified atom stereocenters. The number of nitrogens with zero attached hydrogens (tertiary/aromatic N) is 2. The van der Waals surface area contributed by atoms with Crippen LogP contribution in [0.15, 0.2) is 46.0 Å². The van der Waals surface area contributed by atoms with E-state index in [1.807, 2.05) is 0 Å². The molecule has 20 heavy (non-hydrogen) atoms. The Balaban J connectivity index is 2.42. The summed E-state index contributed by atoms with van der Waals surface area (Å²) in [4.78, 5) is 24.6. The molecule has 4 rings (SSSR count). The van der Waals surface area contributed by atoms with Crippen molar-refractivity contribution in [3.05, 3.63) is 68.7 Å². The zero-order chi connectivity index (χ0) is 14.0. The summed E-state index contributed by atoms with van der Waals surface area (Å²) in [7, 11) is 0. The van der Waals surface area contributed by atoms with Crippen LogP contribution >= 0.6 is 0 Å². The molecule has 4 aromatic rings. The van der Waals surface area contributed by atoms with Gasteiger partial charge in [0.1, 0.15) is 11.6 Å². The van der Waals surface area contributed by atoms with Crippen molar-refractivity contribution in [1.29, 1.82) is 0 Å². The highest BCUT2D eigenvalue weighted by atomic mass is 19.1. The normalized spacial score (nSPS) is 11.9. The highest BCUT2D eigenvalue weighted by Gasteiger charge is 2.17. The predicted octanol–water partition coefficient (Wildman–Crippen LogP) is 1.78. The van der Waals surface area contributed by atoms with Crippen LogP contribution in [-0.4, -0.2) is 9.03 Å². The molecule has 0 amide bonds. The molecule has 0 aliphatic rings. The van der Waals surface area contributed by atoms with Crippen molar-refractivity contribution in [2.45, 2.75) is 0 Å². The van der Waals surface area contributed by atoms with Crippen LogP contribution in [0, 0.1) is 11.6 Å². The molecule has 2 aromatic carbocycles. The summed E-state index contributed by atoms with van der Waals surface area (Å²) in [6.07, 6.45) is 0. The first kappa shape index (κ1) is 11.1. The van der Waals surface area contributed by atoms with E-state index in [9.17, 15) is 18.4 Å². The SMILES string of the molecule is O=c1c2cc(F)ccc2n2c(=O)c3cc(F)ccc3n12. The van der Waals surface area contributed by atoms with Crippen LogP contribution in [0.25, 0.3) is 21.8 Å². The van der Waals surface area contributed by atoms with Gasteiger partial charge in [0.05, 0.1) is 21.8 Å². The van der Waals surface area contributed by atoms with E-state index in [0.717, 1.165) is 21.2 Å². The summed E-state index contributed by atoms with van der Waals surface area (Å²) in [5.74, 6) is -1.10. The number of hydrogen-bond acceptors (Lipinski definition) is 2. The molecular formula is C14H6F2N2O2. The lowest BCUT2D eigenvalue weighted by Crippen LogP contribution is -2.13. The quantitative estimate of drug-likeness (QED) is 0.489. The third-order valence-electron chi connectivity index (χ3n) is 3.42. The van der Waals surface area contributed by atoms with Crippen LogP contribution < -0.4 is 11.1 Å². The molecule has 2 aromatic heterocycles. The number of fused-ring (bicyclic) bond motifs is 5. The summed E-state index contributed by atoms with van der Waals surface area (Å²) in [5, 5.41) is 0.238. The van der Waals surface area contributed by atoms with Gasteiger partial charge in [-0.05, 0) is 36.4 Å². The number of halogens is 2. The minimum Gasteiger partial charge on any atom is -0.267 e. The smallest absolute Gasteiger partial charge is 0.267 e. The molecule has 6 heteroatoms. The minimum atomic E-state index is -0.550. The van der Waals surface area contributed by atoms with E-state index in [-0.39, 0.29) is 10.8 Å². The van der Waals surface area contributed by atoms with E-state index >= 15 is 0 Å². The van der Waals surface area contributed by atoms with Gasteiger partial charge in [0.2, 0.25) is 0 Å². The van der Waals surface area contributed by atoms with Gasteiger partial charge < -0.3 is 0 Å². The van der Waals surface area contributed by atoms with Gasteiger partial charge in [-0.1, -0.05) is 0 Å². The lowest BCUT2D eigenvalue weighted by Gasteiger charge is -1.89. The first-order valence-corrected chi connectivity index (χ1v) is 5.86. The van der Waals surface area contributed by atoms with Crippen molar-refractivity contribution >= 4 is 21.8 Å². The Morgan fingerprint density at radius 2 is 1.10 bits per heavy atom. The van der Waals surface area contributed by atoms with Gasteiger partial charge >= 0.3 is 0 Å². The molecule has 0 N–H and O–H groups in total. The van der Waals surface area contributed by atoms with Gasteiger partial charge in [-0.25, -0.2) is 17.8 Å². The van der Waals surface area contributed by atoms with Gasteiger partial charge in [-0.3, -0.25) is 9.59 Å². The highest BCUT2D eigenvalue weighted by Crippen LogP contribution is 2.17. The van der Waals surface area contributed by atoms with E-state index in [1.165, 1.54) is 24.3 Å².